The van der Waals surface area contributed by atoms with E-state index < -0.39 is 0 Å². The van der Waals surface area contributed by atoms with Crippen LogP contribution in [0.15, 0.2) is 12.4 Å². The smallest absolute Gasteiger partial charge is 0.183 e. The molecule has 1 saturated heterocycles. The van der Waals surface area contributed by atoms with Crippen molar-refractivity contribution in [2.45, 2.75) is 33.1 Å². The molecule has 0 spiro atoms. The van der Waals surface area contributed by atoms with Crippen molar-refractivity contribution in [3.8, 4) is 6.07 Å². The Morgan fingerprint density at radius 1 is 1.24 bits per heavy atom. The van der Waals surface area contributed by atoms with Gasteiger partial charge in [-0.05, 0) is 24.7 Å². The monoisotopic (exact) mass is 230 g/mol. The molecule has 17 heavy (non-hydrogen) atoms. The lowest BCUT2D eigenvalue weighted by molar-refractivity contribution is 0.325. The lowest BCUT2D eigenvalue weighted by Gasteiger charge is -2.24. The van der Waals surface area contributed by atoms with Crippen molar-refractivity contribution >= 4 is 5.82 Å². The molecular weight excluding hydrogens is 212 g/mol. The van der Waals surface area contributed by atoms with Crippen molar-refractivity contribution in [2.75, 3.05) is 18.0 Å². The summed E-state index contributed by atoms with van der Waals surface area (Å²) in [6.07, 6.45) is 6.74. The molecule has 1 aliphatic rings. The Kier molecular flexibility index (Phi) is 3.28. The van der Waals surface area contributed by atoms with E-state index in [1.165, 1.54) is 6.42 Å². The van der Waals surface area contributed by atoms with Crippen LogP contribution in [0, 0.1) is 16.7 Å². The molecule has 1 fully saturated rings. The van der Waals surface area contributed by atoms with E-state index in [1.807, 2.05) is 0 Å². The fraction of sp³-hybridized carbons (Fsp3) is 0.615. The Morgan fingerprint density at radius 2 is 2.00 bits per heavy atom. The molecule has 0 N–H and O–H groups in total. The summed E-state index contributed by atoms with van der Waals surface area (Å²) in [5.74, 6) is 0.743. The maximum Gasteiger partial charge on any atom is 0.183 e. The Hall–Kier alpha value is -1.63. The first-order valence-corrected chi connectivity index (χ1v) is 6.08. The van der Waals surface area contributed by atoms with Crippen LogP contribution in [0.4, 0.5) is 5.82 Å². The van der Waals surface area contributed by atoms with Gasteiger partial charge in [-0.25, -0.2) is 9.97 Å². The van der Waals surface area contributed by atoms with E-state index in [0.29, 0.717) is 11.1 Å². The molecule has 4 nitrogen and oxygen atoms in total. The fourth-order valence-electron chi connectivity index (χ4n) is 2.28. The summed E-state index contributed by atoms with van der Waals surface area (Å²) < 4.78 is 0. The van der Waals surface area contributed by atoms with E-state index in [9.17, 15) is 0 Å². The summed E-state index contributed by atoms with van der Waals surface area (Å²) >= 11 is 0. The number of nitrogens with zero attached hydrogens (tertiary/aromatic N) is 4. The maximum absolute atomic E-state index is 9.04. The molecular formula is C13H18N4. The second kappa shape index (κ2) is 4.70. The molecule has 0 bridgehead atoms. The molecule has 0 radical (unpaired) electrons. The van der Waals surface area contributed by atoms with Gasteiger partial charge in [0, 0.05) is 25.5 Å². The van der Waals surface area contributed by atoms with Gasteiger partial charge in [-0.2, -0.15) is 5.26 Å². The number of hydrogen-bond donors (Lipinski definition) is 0. The van der Waals surface area contributed by atoms with E-state index in [0.717, 1.165) is 31.7 Å². The van der Waals surface area contributed by atoms with Gasteiger partial charge < -0.3 is 4.90 Å². The predicted octanol–water partition coefficient (Wildman–Crippen LogP) is 2.36. The van der Waals surface area contributed by atoms with E-state index >= 15 is 0 Å². The second-order valence-electron chi connectivity index (χ2n) is 5.35. The highest BCUT2D eigenvalue weighted by Gasteiger charge is 2.24. The SMILES string of the molecule is CC1(C)CCCN(c2nccnc2C#N)CC1. The van der Waals surface area contributed by atoms with Crippen LogP contribution in [-0.4, -0.2) is 23.1 Å². The third kappa shape index (κ3) is 2.73. The summed E-state index contributed by atoms with van der Waals surface area (Å²) in [6, 6.07) is 2.12. The van der Waals surface area contributed by atoms with Crippen molar-refractivity contribution in [3.05, 3.63) is 18.1 Å². The molecule has 0 atom stereocenters. The van der Waals surface area contributed by atoms with Crippen LogP contribution in [0.2, 0.25) is 0 Å². The third-order valence-electron chi connectivity index (χ3n) is 3.42. The Labute approximate surface area is 102 Å². The first-order chi connectivity index (χ1) is 8.12. The van der Waals surface area contributed by atoms with Crippen LogP contribution in [0.1, 0.15) is 38.8 Å². The van der Waals surface area contributed by atoms with Crippen LogP contribution in [0.25, 0.3) is 0 Å². The Bertz CT molecular complexity index is 433. The van der Waals surface area contributed by atoms with Crippen molar-refractivity contribution in [1.29, 1.82) is 5.26 Å². The van der Waals surface area contributed by atoms with Crippen molar-refractivity contribution in [1.82, 2.24) is 9.97 Å². The quantitative estimate of drug-likeness (QED) is 0.743. The van der Waals surface area contributed by atoms with Crippen LogP contribution < -0.4 is 4.90 Å². The average molecular weight is 230 g/mol. The van der Waals surface area contributed by atoms with Gasteiger partial charge in [0.05, 0.1) is 0 Å². The molecule has 0 saturated carbocycles. The number of anilines is 1. The van der Waals surface area contributed by atoms with E-state index in [-0.39, 0.29) is 0 Å². The molecule has 0 unspecified atom stereocenters. The lowest BCUT2D eigenvalue weighted by atomic mass is 9.85. The highest BCUT2D eigenvalue weighted by molar-refractivity contribution is 5.49. The summed E-state index contributed by atoms with van der Waals surface area (Å²) in [7, 11) is 0. The van der Waals surface area contributed by atoms with Crippen LogP contribution in [0.5, 0.6) is 0 Å². The molecule has 1 aliphatic heterocycles. The molecule has 0 aliphatic carbocycles. The molecule has 90 valence electrons. The van der Waals surface area contributed by atoms with Gasteiger partial charge in [0.15, 0.2) is 11.5 Å². The fourth-order valence-corrected chi connectivity index (χ4v) is 2.28. The molecule has 0 amide bonds. The molecule has 2 heterocycles. The summed E-state index contributed by atoms with van der Waals surface area (Å²) in [6.45, 7) is 6.54. The van der Waals surface area contributed by atoms with Gasteiger partial charge in [0.2, 0.25) is 0 Å². The van der Waals surface area contributed by atoms with Crippen molar-refractivity contribution < 1.29 is 0 Å². The zero-order valence-corrected chi connectivity index (χ0v) is 10.5. The standard InChI is InChI=1S/C13H18N4/c1-13(2)4-3-8-17(9-5-13)12-11(10-14)15-6-7-16-12/h6-7H,3-5,8-9H2,1-2H3. The number of hydrogen-bond acceptors (Lipinski definition) is 4. The molecule has 1 aromatic rings. The third-order valence-corrected chi connectivity index (χ3v) is 3.42. The van der Waals surface area contributed by atoms with E-state index in [1.54, 1.807) is 12.4 Å². The normalized spacial score (nSPS) is 19.5. The largest absolute Gasteiger partial charge is 0.354 e. The van der Waals surface area contributed by atoms with Crippen LogP contribution in [0.3, 0.4) is 0 Å². The van der Waals surface area contributed by atoms with Gasteiger partial charge in [-0.3, -0.25) is 0 Å². The van der Waals surface area contributed by atoms with Crippen LogP contribution in [-0.2, 0) is 0 Å². The van der Waals surface area contributed by atoms with Crippen molar-refractivity contribution in [2.24, 2.45) is 5.41 Å². The summed E-state index contributed by atoms with van der Waals surface area (Å²) in [5, 5.41) is 9.04. The molecule has 2 rings (SSSR count). The number of rotatable bonds is 1. The second-order valence-corrected chi connectivity index (χ2v) is 5.35. The van der Waals surface area contributed by atoms with E-state index in [4.69, 9.17) is 5.26 Å². The minimum absolute atomic E-state index is 0.393. The van der Waals surface area contributed by atoms with Gasteiger partial charge in [-0.15, -0.1) is 0 Å². The zero-order chi connectivity index (χ0) is 12.3. The topological polar surface area (TPSA) is 52.8 Å². The van der Waals surface area contributed by atoms with Crippen LogP contribution >= 0.6 is 0 Å². The highest BCUT2D eigenvalue weighted by Crippen LogP contribution is 2.31. The van der Waals surface area contributed by atoms with Crippen molar-refractivity contribution in [3.63, 3.8) is 0 Å². The minimum Gasteiger partial charge on any atom is -0.354 e. The molecule has 0 aromatic carbocycles. The molecule has 4 heteroatoms. The Morgan fingerprint density at radius 3 is 2.76 bits per heavy atom. The van der Waals surface area contributed by atoms with Gasteiger partial charge >= 0.3 is 0 Å². The van der Waals surface area contributed by atoms with Gasteiger partial charge in [0.1, 0.15) is 6.07 Å². The van der Waals surface area contributed by atoms with Gasteiger partial charge in [0.25, 0.3) is 0 Å². The average Bonchev–Trinajstić information content (AvgIpc) is 2.50. The number of nitriles is 1. The highest BCUT2D eigenvalue weighted by atomic mass is 15.2. The first kappa shape index (κ1) is 11.8. The van der Waals surface area contributed by atoms with E-state index in [2.05, 4.69) is 34.8 Å². The Balaban J connectivity index is 2.20. The molecule has 1 aromatic heterocycles. The zero-order valence-electron chi connectivity index (χ0n) is 10.5. The lowest BCUT2D eigenvalue weighted by Crippen LogP contribution is -2.27. The number of aromatic nitrogens is 2. The predicted molar refractivity (Wildman–Crippen MR) is 66.6 cm³/mol. The first-order valence-electron chi connectivity index (χ1n) is 6.08. The minimum atomic E-state index is 0.393. The maximum atomic E-state index is 9.04. The summed E-state index contributed by atoms with van der Waals surface area (Å²) in [4.78, 5) is 10.6. The summed E-state index contributed by atoms with van der Waals surface area (Å²) in [5.41, 5.74) is 0.830. The van der Waals surface area contributed by atoms with Gasteiger partial charge in [-0.1, -0.05) is 13.8 Å².